The monoisotopic (exact) mass is 438 g/mol. The fraction of sp³-hybridized carbons (Fsp3) is 0.571. The van der Waals surface area contributed by atoms with Crippen LogP contribution in [0.25, 0.3) is 0 Å². The summed E-state index contributed by atoms with van der Waals surface area (Å²) in [5.74, 6) is 0.406. The quantitative estimate of drug-likeness (QED) is 0.695. The van der Waals surface area contributed by atoms with Crippen LogP contribution in [0.3, 0.4) is 0 Å². The van der Waals surface area contributed by atoms with Gasteiger partial charge in [-0.1, -0.05) is 35.2 Å². The zero-order valence-electron chi connectivity index (χ0n) is 11.9. The number of hydrogen-bond donors (Lipinski definition) is 2. The Morgan fingerprint density at radius 3 is 2.43 bits per heavy atom. The van der Waals surface area contributed by atoms with Gasteiger partial charge >= 0.3 is 0 Å². The van der Waals surface area contributed by atoms with E-state index >= 15 is 0 Å². The summed E-state index contributed by atoms with van der Waals surface area (Å²) in [5.41, 5.74) is 6.12. The Bertz CT molecular complexity index is 590. The van der Waals surface area contributed by atoms with Gasteiger partial charge in [-0.2, -0.15) is 0 Å². The molecule has 4 nitrogen and oxygen atoms in total. The lowest BCUT2D eigenvalue weighted by molar-refractivity contribution is 0.303. The average Bonchev–Trinajstić information content (AvgIpc) is 2.37. The van der Waals surface area contributed by atoms with Crippen molar-refractivity contribution in [3.05, 3.63) is 21.1 Å². The van der Waals surface area contributed by atoms with Crippen molar-refractivity contribution in [2.45, 2.75) is 50.0 Å². The molecule has 0 aromatic heterocycles. The second-order valence-corrected chi connectivity index (χ2v) is 9.03. The normalized spacial score (nSPS) is 18.6. The van der Waals surface area contributed by atoms with Gasteiger partial charge in [0.25, 0.3) is 0 Å². The molecule has 2 rings (SSSR count). The molecule has 0 bridgehead atoms. The first-order valence-corrected chi connectivity index (χ1v) is 10.1. The molecule has 0 aliphatic heterocycles. The van der Waals surface area contributed by atoms with Crippen LogP contribution in [0.2, 0.25) is 0 Å². The molecule has 1 atom stereocenters. The Morgan fingerprint density at radius 1 is 1.24 bits per heavy atom. The molecule has 1 aliphatic rings. The maximum atomic E-state index is 12.6. The van der Waals surface area contributed by atoms with Gasteiger partial charge in [0.2, 0.25) is 10.0 Å². The lowest BCUT2D eigenvalue weighted by atomic mass is 9.85. The van der Waals surface area contributed by atoms with Gasteiger partial charge in [0.05, 0.1) is 5.69 Å². The van der Waals surface area contributed by atoms with E-state index in [2.05, 4.69) is 36.6 Å². The van der Waals surface area contributed by atoms with Gasteiger partial charge in [-0.05, 0) is 53.7 Å². The van der Waals surface area contributed by atoms with Gasteiger partial charge in [-0.15, -0.1) is 0 Å². The van der Waals surface area contributed by atoms with E-state index in [9.17, 15) is 8.42 Å². The van der Waals surface area contributed by atoms with Crippen molar-refractivity contribution >= 4 is 47.6 Å². The molecule has 0 radical (unpaired) electrons. The minimum absolute atomic E-state index is 0.0785. The first kappa shape index (κ1) is 17.2. The number of hydrogen-bond acceptors (Lipinski definition) is 3. The Hall–Kier alpha value is -0.110. The molecule has 1 fully saturated rings. The third-order valence-electron chi connectivity index (χ3n) is 4.00. The maximum Gasteiger partial charge on any atom is 0.243 e. The molecule has 0 amide bonds. The van der Waals surface area contributed by atoms with E-state index in [1.54, 1.807) is 12.1 Å². The number of sulfonamides is 1. The third-order valence-corrected chi connectivity index (χ3v) is 7.02. The van der Waals surface area contributed by atoms with E-state index in [4.69, 9.17) is 5.73 Å². The molecule has 1 saturated carbocycles. The number of benzene rings is 1. The van der Waals surface area contributed by atoms with E-state index in [-0.39, 0.29) is 16.6 Å². The summed E-state index contributed by atoms with van der Waals surface area (Å²) in [6.07, 6.45) is 5.78. The van der Waals surface area contributed by atoms with Crippen LogP contribution in [0.1, 0.15) is 39.0 Å². The van der Waals surface area contributed by atoms with Crippen molar-refractivity contribution in [3.8, 4) is 0 Å². The highest BCUT2D eigenvalue weighted by Gasteiger charge is 2.28. The van der Waals surface area contributed by atoms with Crippen LogP contribution in [-0.4, -0.2) is 14.5 Å². The van der Waals surface area contributed by atoms with Gasteiger partial charge in [0.15, 0.2) is 0 Å². The number of nitrogen functional groups attached to an aromatic ring is 1. The standard InChI is InChI=1S/C14H20Br2N2O2S/c1-9(10-5-3-2-4-6-10)18-21(19,20)14-12(16)7-11(15)8-13(14)17/h7-10,18H,2-6,17H2,1H3. The van der Waals surface area contributed by atoms with Crippen LogP contribution in [0.15, 0.2) is 26.0 Å². The highest BCUT2D eigenvalue weighted by atomic mass is 79.9. The van der Waals surface area contributed by atoms with Crippen molar-refractivity contribution < 1.29 is 8.42 Å². The van der Waals surface area contributed by atoms with Gasteiger partial charge in [0, 0.05) is 15.0 Å². The third kappa shape index (κ3) is 4.21. The molecule has 118 valence electrons. The summed E-state index contributed by atoms with van der Waals surface area (Å²) < 4.78 is 29.2. The summed E-state index contributed by atoms with van der Waals surface area (Å²) in [5, 5.41) is 0. The molecule has 1 unspecified atom stereocenters. The molecule has 3 N–H and O–H groups in total. The van der Waals surface area contributed by atoms with E-state index in [0.29, 0.717) is 10.4 Å². The van der Waals surface area contributed by atoms with Crippen molar-refractivity contribution in [1.82, 2.24) is 4.72 Å². The topological polar surface area (TPSA) is 72.2 Å². The fourth-order valence-electron chi connectivity index (χ4n) is 2.90. The van der Waals surface area contributed by atoms with Gasteiger partial charge < -0.3 is 5.73 Å². The maximum absolute atomic E-state index is 12.6. The summed E-state index contributed by atoms with van der Waals surface area (Å²) >= 11 is 6.59. The van der Waals surface area contributed by atoms with E-state index in [1.807, 2.05) is 6.92 Å². The van der Waals surface area contributed by atoms with Crippen LogP contribution >= 0.6 is 31.9 Å². The number of nitrogens with two attached hydrogens (primary N) is 1. The summed E-state index contributed by atoms with van der Waals surface area (Å²) in [6.45, 7) is 1.94. The molecule has 0 spiro atoms. The summed E-state index contributed by atoms with van der Waals surface area (Å²) in [6, 6.07) is 3.21. The minimum Gasteiger partial charge on any atom is -0.398 e. The van der Waals surface area contributed by atoms with Crippen LogP contribution in [0.4, 0.5) is 5.69 Å². The van der Waals surface area contributed by atoms with Crippen molar-refractivity contribution in [1.29, 1.82) is 0 Å². The van der Waals surface area contributed by atoms with Crippen molar-refractivity contribution in [3.63, 3.8) is 0 Å². The van der Waals surface area contributed by atoms with Crippen molar-refractivity contribution in [2.75, 3.05) is 5.73 Å². The number of halogens is 2. The average molecular weight is 440 g/mol. The molecule has 1 aromatic carbocycles. The van der Waals surface area contributed by atoms with Crippen LogP contribution in [-0.2, 0) is 10.0 Å². The lowest BCUT2D eigenvalue weighted by Crippen LogP contribution is -2.39. The second-order valence-electron chi connectivity index (χ2n) is 5.61. The SMILES string of the molecule is CC(NS(=O)(=O)c1c(N)cc(Br)cc1Br)C1CCCCC1. The van der Waals surface area contributed by atoms with Gasteiger partial charge in [0.1, 0.15) is 4.90 Å². The summed E-state index contributed by atoms with van der Waals surface area (Å²) in [7, 11) is -3.63. The molecule has 1 aliphatic carbocycles. The van der Waals surface area contributed by atoms with E-state index in [0.717, 1.165) is 17.3 Å². The van der Waals surface area contributed by atoms with Crippen LogP contribution in [0, 0.1) is 5.92 Å². The molecule has 21 heavy (non-hydrogen) atoms. The summed E-state index contributed by atoms with van der Waals surface area (Å²) in [4.78, 5) is 0.119. The molecule has 0 heterocycles. The Labute approximate surface area is 143 Å². The number of rotatable bonds is 4. The molecule has 0 saturated heterocycles. The number of nitrogens with one attached hydrogen (secondary N) is 1. The van der Waals surface area contributed by atoms with Crippen molar-refractivity contribution in [2.24, 2.45) is 5.92 Å². The zero-order chi connectivity index (χ0) is 15.6. The second kappa shape index (κ2) is 6.98. The van der Waals surface area contributed by atoms with Gasteiger partial charge in [-0.25, -0.2) is 13.1 Å². The Kier molecular flexibility index (Phi) is 5.73. The molecular formula is C14H20Br2N2O2S. The first-order chi connectivity index (χ1) is 9.81. The molecule has 7 heteroatoms. The zero-order valence-corrected chi connectivity index (χ0v) is 15.9. The molecular weight excluding hydrogens is 420 g/mol. The minimum atomic E-state index is -3.63. The van der Waals surface area contributed by atoms with Crippen LogP contribution < -0.4 is 10.5 Å². The molecule has 1 aromatic rings. The van der Waals surface area contributed by atoms with E-state index in [1.165, 1.54) is 19.3 Å². The smallest absolute Gasteiger partial charge is 0.243 e. The highest BCUT2D eigenvalue weighted by molar-refractivity contribution is 9.11. The first-order valence-electron chi connectivity index (χ1n) is 7.08. The Balaban J connectivity index is 2.22. The number of anilines is 1. The van der Waals surface area contributed by atoms with E-state index < -0.39 is 10.0 Å². The predicted molar refractivity (Wildman–Crippen MR) is 92.6 cm³/mol. The lowest BCUT2D eigenvalue weighted by Gasteiger charge is -2.28. The largest absolute Gasteiger partial charge is 0.398 e. The predicted octanol–water partition coefficient (Wildman–Crippen LogP) is 4.04. The Morgan fingerprint density at radius 2 is 1.86 bits per heavy atom. The van der Waals surface area contributed by atoms with Gasteiger partial charge in [-0.3, -0.25) is 0 Å². The highest BCUT2D eigenvalue weighted by Crippen LogP contribution is 2.33. The van der Waals surface area contributed by atoms with Crippen LogP contribution in [0.5, 0.6) is 0 Å². The fourth-order valence-corrected chi connectivity index (χ4v) is 6.28.